The number of nitrogens with zero attached hydrogens (tertiary/aromatic N) is 3. The zero-order valence-electron chi connectivity index (χ0n) is 9.18. The van der Waals surface area contributed by atoms with E-state index in [1.54, 1.807) is 7.11 Å². The first-order chi connectivity index (χ1) is 7.88. The molecule has 82 valence electrons. The number of anilines is 1. The molecule has 16 heavy (non-hydrogen) atoms. The normalized spacial score (nSPS) is 14.9. The van der Waals surface area contributed by atoms with Crippen LogP contribution in [0.25, 0.3) is 11.0 Å². The standard InChI is InChI=1S/C12H13N3O/c1-16-11-4-3-9-12(14-11)10(5-6-13-9)15-7-2-8-15/h3-6H,2,7-8H2,1H3. The number of ether oxygens (including phenoxy) is 1. The maximum Gasteiger partial charge on any atom is 0.213 e. The van der Waals surface area contributed by atoms with Crippen LogP contribution in [-0.2, 0) is 0 Å². The Morgan fingerprint density at radius 1 is 1.25 bits per heavy atom. The fourth-order valence-electron chi connectivity index (χ4n) is 1.92. The van der Waals surface area contributed by atoms with E-state index in [9.17, 15) is 0 Å². The predicted molar refractivity (Wildman–Crippen MR) is 62.9 cm³/mol. The van der Waals surface area contributed by atoms with Gasteiger partial charge in [0.25, 0.3) is 0 Å². The Bertz CT molecular complexity index is 523. The molecule has 0 N–H and O–H groups in total. The minimum Gasteiger partial charge on any atom is -0.481 e. The lowest BCUT2D eigenvalue weighted by molar-refractivity contribution is 0.399. The molecule has 0 aromatic carbocycles. The first-order valence-electron chi connectivity index (χ1n) is 5.43. The molecule has 0 amide bonds. The predicted octanol–water partition coefficient (Wildman–Crippen LogP) is 1.85. The second-order valence-corrected chi connectivity index (χ2v) is 3.89. The first kappa shape index (κ1) is 9.39. The van der Waals surface area contributed by atoms with Crippen LogP contribution < -0.4 is 9.64 Å². The van der Waals surface area contributed by atoms with Crippen molar-refractivity contribution in [3.05, 3.63) is 24.4 Å². The van der Waals surface area contributed by atoms with E-state index in [0.717, 1.165) is 29.8 Å². The average molecular weight is 215 g/mol. The van der Waals surface area contributed by atoms with Crippen molar-refractivity contribution in [3.8, 4) is 5.88 Å². The van der Waals surface area contributed by atoms with Crippen molar-refractivity contribution in [2.75, 3.05) is 25.1 Å². The number of fused-ring (bicyclic) bond motifs is 1. The molecule has 1 aliphatic rings. The van der Waals surface area contributed by atoms with E-state index >= 15 is 0 Å². The molecule has 0 aliphatic carbocycles. The molecule has 1 saturated heterocycles. The largest absolute Gasteiger partial charge is 0.481 e. The third-order valence-corrected chi connectivity index (χ3v) is 2.94. The topological polar surface area (TPSA) is 38.2 Å². The molecule has 0 atom stereocenters. The third-order valence-electron chi connectivity index (χ3n) is 2.94. The van der Waals surface area contributed by atoms with Crippen molar-refractivity contribution >= 4 is 16.7 Å². The van der Waals surface area contributed by atoms with Gasteiger partial charge in [0.1, 0.15) is 5.52 Å². The van der Waals surface area contributed by atoms with Crippen molar-refractivity contribution in [2.24, 2.45) is 0 Å². The van der Waals surface area contributed by atoms with Crippen LogP contribution in [0.1, 0.15) is 6.42 Å². The van der Waals surface area contributed by atoms with Gasteiger partial charge in [0.05, 0.1) is 18.3 Å². The summed E-state index contributed by atoms with van der Waals surface area (Å²) < 4.78 is 5.15. The minimum absolute atomic E-state index is 0.641. The van der Waals surface area contributed by atoms with Crippen molar-refractivity contribution < 1.29 is 4.74 Å². The number of hydrogen-bond donors (Lipinski definition) is 0. The smallest absolute Gasteiger partial charge is 0.213 e. The van der Waals surface area contributed by atoms with Crippen LogP contribution in [0.2, 0.25) is 0 Å². The molecule has 0 spiro atoms. The number of aromatic nitrogens is 2. The zero-order chi connectivity index (χ0) is 11.0. The van der Waals surface area contributed by atoms with E-state index in [0.29, 0.717) is 5.88 Å². The summed E-state index contributed by atoms with van der Waals surface area (Å²) in [6.45, 7) is 2.22. The van der Waals surface area contributed by atoms with Crippen LogP contribution in [0.4, 0.5) is 5.69 Å². The van der Waals surface area contributed by atoms with Gasteiger partial charge in [0.15, 0.2) is 0 Å². The maximum atomic E-state index is 5.15. The van der Waals surface area contributed by atoms with Gasteiger partial charge in [-0.1, -0.05) is 0 Å². The van der Waals surface area contributed by atoms with Crippen molar-refractivity contribution in [1.29, 1.82) is 0 Å². The van der Waals surface area contributed by atoms with Gasteiger partial charge in [-0.3, -0.25) is 4.98 Å². The van der Waals surface area contributed by atoms with E-state index < -0.39 is 0 Å². The molecule has 2 aromatic heterocycles. The summed E-state index contributed by atoms with van der Waals surface area (Å²) in [5.74, 6) is 0.641. The highest BCUT2D eigenvalue weighted by molar-refractivity contribution is 5.88. The average Bonchev–Trinajstić information content (AvgIpc) is 2.27. The highest BCUT2D eigenvalue weighted by atomic mass is 16.5. The summed E-state index contributed by atoms with van der Waals surface area (Å²) in [6.07, 6.45) is 3.10. The Kier molecular flexibility index (Phi) is 2.13. The SMILES string of the molecule is COc1ccc2nccc(N3CCC3)c2n1. The Morgan fingerprint density at radius 2 is 2.12 bits per heavy atom. The van der Waals surface area contributed by atoms with Crippen LogP contribution in [0.5, 0.6) is 5.88 Å². The molecule has 3 rings (SSSR count). The van der Waals surface area contributed by atoms with Gasteiger partial charge in [0.2, 0.25) is 5.88 Å². The van der Waals surface area contributed by atoms with E-state index in [2.05, 4.69) is 14.9 Å². The summed E-state index contributed by atoms with van der Waals surface area (Å²) >= 11 is 0. The lowest BCUT2D eigenvalue weighted by Gasteiger charge is -2.33. The monoisotopic (exact) mass is 215 g/mol. The lowest BCUT2D eigenvalue weighted by atomic mass is 10.1. The molecule has 4 heteroatoms. The summed E-state index contributed by atoms with van der Waals surface area (Å²) in [4.78, 5) is 11.1. The summed E-state index contributed by atoms with van der Waals surface area (Å²) in [7, 11) is 1.63. The van der Waals surface area contributed by atoms with Crippen molar-refractivity contribution in [1.82, 2.24) is 9.97 Å². The van der Waals surface area contributed by atoms with Gasteiger partial charge in [0, 0.05) is 25.4 Å². The van der Waals surface area contributed by atoms with E-state index in [4.69, 9.17) is 4.74 Å². The second kappa shape index (κ2) is 3.63. The van der Waals surface area contributed by atoms with E-state index in [1.807, 2.05) is 24.4 Å². The highest BCUT2D eigenvalue weighted by Crippen LogP contribution is 2.28. The van der Waals surface area contributed by atoms with Gasteiger partial charge in [-0.25, -0.2) is 4.98 Å². The number of rotatable bonds is 2. The van der Waals surface area contributed by atoms with Gasteiger partial charge < -0.3 is 9.64 Å². The third kappa shape index (κ3) is 1.38. The summed E-state index contributed by atoms with van der Waals surface area (Å²) in [5, 5.41) is 0. The van der Waals surface area contributed by atoms with E-state index in [-0.39, 0.29) is 0 Å². The molecule has 0 radical (unpaired) electrons. The Balaban J connectivity index is 2.18. The molecule has 1 aliphatic heterocycles. The molecular formula is C12H13N3O. The maximum absolute atomic E-state index is 5.15. The fraction of sp³-hybridized carbons (Fsp3) is 0.333. The van der Waals surface area contributed by atoms with Crippen LogP contribution in [0.15, 0.2) is 24.4 Å². The number of hydrogen-bond acceptors (Lipinski definition) is 4. The molecular weight excluding hydrogens is 202 g/mol. The molecule has 2 aromatic rings. The van der Waals surface area contributed by atoms with Crippen LogP contribution in [0, 0.1) is 0 Å². The molecule has 1 fully saturated rings. The number of pyridine rings is 2. The second-order valence-electron chi connectivity index (χ2n) is 3.89. The Hall–Kier alpha value is -1.84. The Labute approximate surface area is 93.9 Å². The molecule has 3 heterocycles. The van der Waals surface area contributed by atoms with Gasteiger partial charge in [-0.05, 0) is 18.6 Å². The van der Waals surface area contributed by atoms with Crippen LogP contribution in [0.3, 0.4) is 0 Å². The minimum atomic E-state index is 0.641. The lowest BCUT2D eigenvalue weighted by Crippen LogP contribution is -2.37. The van der Waals surface area contributed by atoms with Gasteiger partial charge >= 0.3 is 0 Å². The van der Waals surface area contributed by atoms with Gasteiger partial charge in [-0.2, -0.15) is 0 Å². The molecule has 0 unspecified atom stereocenters. The van der Waals surface area contributed by atoms with Gasteiger partial charge in [-0.15, -0.1) is 0 Å². The quantitative estimate of drug-likeness (QED) is 0.766. The fourth-order valence-corrected chi connectivity index (χ4v) is 1.92. The van der Waals surface area contributed by atoms with Crippen molar-refractivity contribution in [2.45, 2.75) is 6.42 Å². The van der Waals surface area contributed by atoms with Crippen LogP contribution in [-0.4, -0.2) is 30.2 Å². The molecule has 4 nitrogen and oxygen atoms in total. The molecule has 0 bridgehead atoms. The zero-order valence-corrected chi connectivity index (χ0v) is 9.18. The molecule has 0 saturated carbocycles. The first-order valence-corrected chi connectivity index (χ1v) is 5.43. The summed E-state index contributed by atoms with van der Waals surface area (Å²) in [5.41, 5.74) is 3.02. The number of methoxy groups -OCH3 is 1. The van der Waals surface area contributed by atoms with Crippen molar-refractivity contribution in [3.63, 3.8) is 0 Å². The Morgan fingerprint density at radius 3 is 2.81 bits per heavy atom. The highest BCUT2D eigenvalue weighted by Gasteiger charge is 2.17. The summed E-state index contributed by atoms with van der Waals surface area (Å²) in [6, 6.07) is 5.81. The van der Waals surface area contributed by atoms with E-state index in [1.165, 1.54) is 6.42 Å². The van der Waals surface area contributed by atoms with Crippen LogP contribution >= 0.6 is 0 Å².